The largest absolute Gasteiger partial charge is 0.309 e. The van der Waals surface area contributed by atoms with Crippen molar-refractivity contribution in [2.24, 2.45) is 0 Å². The summed E-state index contributed by atoms with van der Waals surface area (Å²) < 4.78 is 2.38. The summed E-state index contributed by atoms with van der Waals surface area (Å²) in [5, 5.41) is 41.1. The van der Waals surface area contributed by atoms with Crippen molar-refractivity contribution in [3.8, 4) is 83.6 Å². The summed E-state index contributed by atoms with van der Waals surface area (Å²) >= 11 is 0. The van der Waals surface area contributed by atoms with E-state index < -0.39 is 0 Å². The Kier molecular flexibility index (Phi) is 18.4. The molecule has 0 aliphatic heterocycles. The number of benzene rings is 27. The Bertz CT molecular complexity index is 9520. The number of aromatic nitrogens is 1. The van der Waals surface area contributed by atoms with Crippen LogP contribution in [0.3, 0.4) is 0 Å². The molecular formula is C132H83N. The number of hydrogen-bond donors (Lipinski definition) is 0. The summed E-state index contributed by atoms with van der Waals surface area (Å²) in [6, 6.07) is 185. The van der Waals surface area contributed by atoms with Gasteiger partial charge in [0.1, 0.15) is 0 Å². The molecule has 133 heavy (non-hydrogen) atoms. The van der Waals surface area contributed by atoms with Gasteiger partial charge in [0.15, 0.2) is 0 Å². The first-order valence-electron chi connectivity index (χ1n) is 46.1. The molecule has 0 N–H and O–H groups in total. The van der Waals surface area contributed by atoms with E-state index in [0.29, 0.717) is 0 Å². The van der Waals surface area contributed by atoms with Crippen LogP contribution in [-0.2, 0) is 0 Å². The molecule has 0 unspecified atom stereocenters. The van der Waals surface area contributed by atoms with Crippen LogP contribution in [0.15, 0.2) is 504 Å². The quantitative estimate of drug-likeness (QED) is 0.134. The third-order valence-electron chi connectivity index (χ3n) is 28.1. The van der Waals surface area contributed by atoms with Crippen LogP contribution in [0, 0.1) is 0 Å². The van der Waals surface area contributed by atoms with Crippen LogP contribution in [0.5, 0.6) is 0 Å². The van der Waals surface area contributed by atoms with Crippen LogP contribution in [0.2, 0.25) is 0 Å². The standard InChI is InChI=1S/C52H32.C44H28.C36H23N/c1-2-11-35-27-36(18-17-33(35)9-1)40-29-41(37-20-23-44-39(28-37)22-26-49-43-12-4-3-10-34(43)19-24-50(44)49)31-42(30-40)38-21-25-51-47-15-6-5-13-45(47)46-14-7-8-16-48(46)52(51)32-38;1-4-14-37-29(9-1)12-7-17-40(37)35-26-34(27-36(28-35)41-18-8-13-30-10-2-5-15-38(30)41)32-20-22-42-33(25-32)21-24-43-39-16-6-3-11-31(39)19-23-44(42)43;1-2-9-28(10-3-1)37-35-13-7-6-12-33(35)34-21-16-26(23-36(34)37)25-15-18-30-27(22-25)17-20-31-29-11-5-4-8-24(29)14-19-32(30)31/h1-32H;1-28H;1-23H. The average molecular weight is 1680 g/mol. The molecule has 1 aromatic heterocycles. The molecule has 28 aromatic rings. The van der Waals surface area contributed by atoms with Crippen molar-refractivity contribution in [1.82, 2.24) is 4.57 Å². The molecule has 27 aromatic carbocycles. The van der Waals surface area contributed by atoms with Gasteiger partial charge in [-0.1, -0.05) is 413 Å². The SMILES string of the molecule is c1ccc(-n2c3ccccc3c3ccc(-c4ccc5c(ccc6c7ccccc7ccc56)c4)cc32)cc1.c1ccc2c(-c3cc(-c4ccc5c(ccc6c7ccccc7ccc56)c4)cc(-c4cccc5ccccc45)c3)cccc2c1.c1ccc2cc(-c3cc(-c4ccc5c(ccc6c7ccccc7ccc56)c4)cc(-c4ccc5c6ccccc6c6ccccc6c5c4)c3)ccc2c1. The molecule has 1 heterocycles. The minimum absolute atomic E-state index is 1.18. The van der Waals surface area contributed by atoms with Crippen LogP contribution < -0.4 is 0 Å². The zero-order chi connectivity index (χ0) is 87.6. The van der Waals surface area contributed by atoms with Crippen LogP contribution in [-0.4, -0.2) is 4.57 Å². The summed E-state index contributed by atoms with van der Waals surface area (Å²) in [6.45, 7) is 0. The van der Waals surface area contributed by atoms with E-state index in [4.69, 9.17) is 0 Å². The first kappa shape index (κ1) is 76.8. The van der Waals surface area contributed by atoms with Crippen molar-refractivity contribution in [1.29, 1.82) is 0 Å². The van der Waals surface area contributed by atoms with Crippen molar-refractivity contribution in [3.63, 3.8) is 0 Å². The Balaban J connectivity index is 0.000000106. The van der Waals surface area contributed by atoms with Gasteiger partial charge in [-0.2, -0.15) is 0 Å². The second-order valence-corrected chi connectivity index (χ2v) is 35.6. The number of hydrogen-bond acceptors (Lipinski definition) is 0. The average Bonchev–Trinajstić information content (AvgIpc) is 1.71. The summed E-state index contributed by atoms with van der Waals surface area (Å²) in [5.41, 5.74) is 20.8. The Hall–Kier alpha value is -17.4. The Morgan fingerprint density at radius 3 is 0.782 bits per heavy atom. The molecule has 0 aliphatic carbocycles. The molecular weight excluding hydrogens is 1600 g/mol. The van der Waals surface area contributed by atoms with Crippen LogP contribution in [0.25, 0.3) is 267 Å². The topological polar surface area (TPSA) is 4.93 Å². The van der Waals surface area contributed by atoms with Gasteiger partial charge < -0.3 is 4.57 Å². The molecule has 28 rings (SSSR count). The van der Waals surface area contributed by atoms with Gasteiger partial charge in [0.05, 0.1) is 11.0 Å². The van der Waals surface area contributed by atoms with Gasteiger partial charge in [-0.05, 0) is 330 Å². The summed E-state index contributed by atoms with van der Waals surface area (Å²) in [7, 11) is 0. The zero-order valence-corrected chi connectivity index (χ0v) is 72.9. The third-order valence-corrected chi connectivity index (χ3v) is 28.1. The van der Waals surface area contributed by atoms with Crippen molar-refractivity contribution in [3.05, 3.63) is 504 Å². The predicted octanol–water partition coefficient (Wildman–Crippen LogP) is 37.1. The van der Waals surface area contributed by atoms with Crippen molar-refractivity contribution in [2.45, 2.75) is 0 Å². The van der Waals surface area contributed by atoms with Gasteiger partial charge in [0.25, 0.3) is 0 Å². The molecule has 0 saturated heterocycles. The zero-order valence-electron chi connectivity index (χ0n) is 72.9. The van der Waals surface area contributed by atoms with E-state index in [1.807, 2.05) is 0 Å². The lowest BCUT2D eigenvalue weighted by Crippen LogP contribution is -1.93. The molecule has 0 fully saturated rings. The maximum absolute atomic E-state index is 2.41. The lowest BCUT2D eigenvalue weighted by molar-refractivity contribution is 1.18. The highest BCUT2D eigenvalue weighted by Crippen LogP contribution is 2.46. The summed E-state index contributed by atoms with van der Waals surface area (Å²) in [6.07, 6.45) is 0. The van der Waals surface area contributed by atoms with Crippen molar-refractivity contribution < 1.29 is 0 Å². The van der Waals surface area contributed by atoms with E-state index >= 15 is 0 Å². The maximum atomic E-state index is 2.41. The third kappa shape index (κ3) is 13.4. The van der Waals surface area contributed by atoms with E-state index in [2.05, 4.69) is 508 Å². The number of nitrogens with zero attached hydrogens (tertiary/aromatic N) is 1. The van der Waals surface area contributed by atoms with Gasteiger partial charge in [0, 0.05) is 16.5 Å². The van der Waals surface area contributed by atoms with Gasteiger partial charge >= 0.3 is 0 Å². The molecule has 1 heteroatoms. The lowest BCUT2D eigenvalue weighted by atomic mass is 9.89. The smallest absolute Gasteiger partial charge is 0.0547 e. The molecule has 0 bridgehead atoms. The molecule has 0 spiro atoms. The normalized spacial score (nSPS) is 11.8. The van der Waals surface area contributed by atoms with E-state index in [0.717, 1.165) is 0 Å². The van der Waals surface area contributed by atoms with Gasteiger partial charge in [-0.15, -0.1) is 0 Å². The molecule has 1 nitrogen and oxygen atoms in total. The van der Waals surface area contributed by atoms with Gasteiger partial charge in [0.2, 0.25) is 0 Å². The predicted molar refractivity (Wildman–Crippen MR) is 574 cm³/mol. The number of rotatable bonds is 8. The minimum Gasteiger partial charge on any atom is -0.309 e. The highest BCUT2D eigenvalue weighted by atomic mass is 15.0. The van der Waals surface area contributed by atoms with Gasteiger partial charge in [-0.3, -0.25) is 0 Å². The molecule has 0 aliphatic rings. The summed E-state index contributed by atoms with van der Waals surface area (Å²) in [4.78, 5) is 0. The van der Waals surface area contributed by atoms with E-state index in [1.54, 1.807) is 0 Å². The molecule has 0 atom stereocenters. The fourth-order valence-electron chi connectivity index (χ4n) is 21.7. The Morgan fingerprint density at radius 1 is 0.0977 bits per heavy atom. The first-order valence-corrected chi connectivity index (χ1v) is 46.1. The first-order chi connectivity index (χ1) is 65.9. The highest BCUT2D eigenvalue weighted by Gasteiger charge is 2.20. The Labute approximate surface area is 769 Å². The molecule has 0 radical (unpaired) electrons. The summed E-state index contributed by atoms with van der Waals surface area (Å²) in [5.74, 6) is 0. The number of para-hydroxylation sites is 2. The van der Waals surface area contributed by atoms with Crippen molar-refractivity contribution >= 4 is 183 Å². The van der Waals surface area contributed by atoms with Crippen LogP contribution in [0.1, 0.15) is 0 Å². The monoisotopic (exact) mass is 1680 g/mol. The fraction of sp³-hybridized carbons (Fsp3) is 0. The maximum Gasteiger partial charge on any atom is 0.0547 e. The number of fused-ring (bicyclic) bond motifs is 27. The molecule has 616 valence electrons. The fourth-order valence-corrected chi connectivity index (χ4v) is 21.7. The van der Waals surface area contributed by atoms with Crippen molar-refractivity contribution in [2.75, 3.05) is 0 Å². The second kappa shape index (κ2) is 31.8. The Morgan fingerprint density at radius 2 is 0.338 bits per heavy atom. The lowest BCUT2D eigenvalue weighted by Gasteiger charge is -2.15. The van der Waals surface area contributed by atoms with E-state index in [9.17, 15) is 0 Å². The van der Waals surface area contributed by atoms with E-state index in [-0.39, 0.29) is 0 Å². The van der Waals surface area contributed by atoms with Crippen LogP contribution >= 0.6 is 0 Å². The van der Waals surface area contributed by atoms with Crippen LogP contribution in [0.4, 0.5) is 0 Å². The van der Waals surface area contributed by atoms with Gasteiger partial charge in [-0.25, -0.2) is 0 Å². The molecule has 0 saturated carbocycles. The highest BCUT2D eigenvalue weighted by molar-refractivity contribution is 6.27. The van der Waals surface area contributed by atoms with E-state index in [1.165, 1.54) is 267 Å². The minimum atomic E-state index is 1.18. The molecule has 0 amide bonds. The second-order valence-electron chi connectivity index (χ2n) is 35.6.